The van der Waals surface area contributed by atoms with Crippen molar-refractivity contribution >= 4 is 12.5 Å². The van der Waals surface area contributed by atoms with Gasteiger partial charge < -0.3 is 4.90 Å². The maximum absolute atomic E-state index is 10.5. The highest BCUT2D eigenvalue weighted by Crippen LogP contribution is 2.17. The predicted molar refractivity (Wildman–Crippen MR) is 47.1 cm³/mol. The fourth-order valence-corrected chi connectivity index (χ4v) is 1.22. The van der Waals surface area contributed by atoms with E-state index in [-0.39, 0.29) is 0 Å². The van der Waals surface area contributed by atoms with Gasteiger partial charge >= 0.3 is 0 Å². The molecule has 0 saturated heterocycles. The van der Waals surface area contributed by atoms with Crippen LogP contribution >= 0.6 is 0 Å². The molecule has 0 fully saturated rings. The summed E-state index contributed by atoms with van der Waals surface area (Å²) in [6.45, 7) is -0.598. The molecule has 0 aliphatic carbocycles. The van der Waals surface area contributed by atoms with Crippen LogP contribution < -0.4 is 0 Å². The molecule has 1 heterocycles. The Morgan fingerprint density at radius 1 is 1.50 bits per heavy atom. The molecule has 0 saturated carbocycles. The highest BCUT2D eigenvalue weighted by atomic mass is 16.1. The summed E-state index contributed by atoms with van der Waals surface area (Å²) in [5.74, 6) is 0. The molecule has 0 aromatic heterocycles. The fraction of sp³-hybridized carbons (Fsp3) is 0.100. The summed E-state index contributed by atoms with van der Waals surface area (Å²) in [4.78, 5) is 11.9. The van der Waals surface area contributed by atoms with Crippen molar-refractivity contribution in [2.75, 3.05) is 0 Å². The molecular weight excluding hydrogens is 150 g/mol. The first-order chi connectivity index (χ1) is 6.33. The van der Waals surface area contributed by atoms with Crippen LogP contribution in [0.4, 0.5) is 0 Å². The van der Waals surface area contributed by atoms with Gasteiger partial charge in [0, 0.05) is 6.20 Å². The van der Waals surface area contributed by atoms with Crippen LogP contribution in [0.5, 0.6) is 0 Å². The van der Waals surface area contributed by atoms with Crippen LogP contribution in [0, 0.1) is 0 Å². The Morgan fingerprint density at radius 2 is 2.33 bits per heavy atom. The Hall–Kier alpha value is -1.57. The number of rotatable bonds is 1. The van der Waals surface area contributed by atoms with Crippen LogP contribution in [0.15, 0.2) is 30.5 Å². The summed E-state index contributed by atoms with van der Waals surface area (Å²) in [6, 6.07) is 7.61. The van der Waals surface area contributed by atoms with Crippen molar-refractivity contribution in [1.82, 2.24) is 4.90 Å². The highest BCUT2D eigenvalue weighted by molar-refractivity contribution is 5.61. The van der Waals surface area contributed by atoms with Crippen LogP contribution in [0.2, 0.25) is 0 Å². The van der Waals surface area contributed by atoms with Crippen molar-refractivity contribution in [3.63, 3.8) is 0 Å². The molecule has 1 amide bonds. The number of amides is 1. The van der Waals surface area contributed by atoms with E-state index >= 15 is 0 Å². The lowest BCUT2D eigenvalue weighted by Gasteiger charge is -2.18. The number of hydrogen-bond acceptors (Lipinski definition) is 1. The molecule has 0 radical (unpaired) electrons. The van der Waals surface area contributed by atoms with Crippen LogP contribution in [0.1, 0.15) is 12.5 Å². The zero-order valence-corrected chi connectivity index (χ0v) is 6.47. The Labute approximate surface area is 72.5 Å². The van der Waals surface area contributed by atoms with Crippen LogP contribution in [0.3, 0.4) is 0 Å². The average molecular weight is 160 g/mol. The summed E-state index contributed by atoms with van der Waals surface area (Å²) in [5, 5.41) is 0. The lowest BCUT2D eigenvalue weighted by atomic mass is 10.1. The minimum atomic E-state index is -0.598. The molecule has 1 aliphatic heterocycles. The molecule has 2 rings (SSSR count). The van der Waals surface area contributed by atoms with Gasteiger partial charge in [0.1, 0.15) is 0 Å². The summed E-state index contributed by atoms with van der Waals surface area (Å²) in [7, 11) is 0. The van der Waals surface area contributed by atoms with E-state index in [9.17, 15) is 4.79 Å². The van der Waals surface area contributed by atoms with Crippen LogP contribution in [-0.4, -0.2) is 11.3 Å². The highest BCUT2D eigenvalue weighted by Gasteiger charge is 2.07. The van der Waals surface area contributed by atoms with Crippen LogP contribution in [-0.2, 0) is 11.3 Å². The third-order valence-corrected chi connectivity index (χ3v) is 1.83. The summed E-state index contributed by atoms with van der Waals surface area (Å²) in [6.07, 6.45) is 4.14. The maximum atomic E-state index is 10.5. The Kier molecular flexibility index (Phi) is 1.41. The van der Waals surface area contributed by atoms with E-state index in [0.29, 0.717) is 6.41 Å². The first kappa shape index (κ1) is 6.00. The molecule has 1 aliphatic rings. The fourth-order valence-electron chi connectivity index (χ4n) is 1.22. The van der Waals surface area contributed by atoms with Crippen molar-refractivity contribution in [3.8, 4) is 0 Å². The van der Waals surface area contributed by atoms with Crippen LogP contribution in [0.25, 0.3) is 6.08 Å². The van der Waals surface area contributed by atoms with Crippen molar-refractivity contribution < 1.29 is 6.17 Å². The molecule has 1 atom stereocenters. The molecular formula is C10H9NO. The Morgan fingerprint density at radius 3 is 3.17 bits per heavy atom. The molecule has 0 bridgehead atoms. The topological polar surface area (TPSA) is 20.3 Å². The summed E-state index contributed by atoms with van der Waals surface area (Å²) >= 11 is 0. The first-order valence-electron chi connectivity index (χ1n) is 4.33. The molecule has 60 valence electrons. The largest absolute Gasteiger partial charge is 0.317 e. The minimum Gasteiger partial charge on any atom is -0.317 e. The SMILES string of the molecule is [2H]C1c2ccccc2C=CN1C=O. The number of carbonyl (C=O) groups excluding carboxylic acids is 1. The molecule has 1 aromatic carbocycles. The lowest BCUT2D eigenvalue weighted by molar-refractivity contribution is -0.116. The van der Waals surface area contributed by atoms with Gasteiger partial charge in [-0.25, -0.2) is 0 Å². The number of fused-ring (bicyclic) bond motifs is 1. The number of nitrogens with zero attached hydrogens (tertiary/aromatic N) is 1. The second-order valence-electron chi connectivity index (χ2n) is 2.63. The minimum absolute atomic E-state index is 0.598. The van der Waals surface area contributed by atoms with E-state index in [1.54, 1.807) is 6.20 Å². The smallest absolute Gasteiger partial charge is 0.213 e. The third-order valence-electron chi connectivity index (χ3n) is 1.83. The Bertz CT molecular complexity index is 362. The summed E-state index contributed by atoms with van der Waals surface area (Å²) < 4.78 is 7.75. The quantitative estimate of drug-likeness (QED) is 0.572. The average Bonchev–Trinajstić information content (AvgIpc) is 2.19. The van der Waals surface area contributed by atoms with E-state index in [2.05, 4.69) is 0 Å². The molecule has 0 N–H and O–H groups in total. The number of carbonyl (C=O) groups is 1. The molecule has 2 heteroatoms. The summed E-state index contributed by atoms with van der Waals surface area (Å²) in [5.41, 5.74) is 1.89. The molecule has 1 aromatic rings. The van der Waals surface area contributed by atoms with E-state index < -0.39 is 6.52 Å². The van der Waals surface area contributed by atoms with E-state index in [0.717, 1.165) is 11.1 Å². The normalized spacial score (nSPS) is 21.5. The van der Waals surface area contributed by atoms with E-state index in [1.165, 1.54) is 4.90 Å². The van der Waals surface area contributed by atoms with Gasteiger partial charge in [-0.3, -0.25) is 4.79 Å². The standard InChI is InChI=1S/C10H9NO/c12-8-11-6-5-9-3-1-2-4-10(9)7-11/h1-6,8H,7H2/i7D. The van der Waals surface area contributed by atoms with Gasteiger partial charge in [-0.1, -0.05) is 24.3 Å². The molecule has 1 unspecified atom stereocenters. The zero-order valence-electron chi connectivity index (χ0n) is 7.47. The van der Waals surface area contributed by atoms with Gasteiger partial charge in [-0.2, -0.15) is 0 Å². The lowest BCUT2D eigenvalue weighted by Crippen LogP contribution is -2.17. The van der Waals surface area contributed by atoms with Gasteiger partial charge in [0.2, 0.25) is 6.41 Å². The van der Waals surface area contributed by atoms with Gasteiger partial charge in [-0.15, -0.1) is 0 Å². The first-order valence-corrected chi connectivity index (χ1v) is 3.75. The van der Waals surface area contributed by atoms with Crippen molar-refractivity contribution in [1.29, 1.82) is 0 Å². The van der Waals surface area contributed by atoms with Crippen molar-refractivity contribution in [2.24, 2.45) is 0 Å². The van der Waals surface area contributed by atoms with Gasteiger partial charge in [0.05, 0.1) is 7.89 Å². The van der Waals surface area contributed by atoms with Gasteiger partial charge in [0.15, 0.2) is 0 Å². The molecule has 2 nitrogen and oxygen atoms in total. The number of benzene rings is 1. The van der Waals surface area contributed by atoms with Crippen molar-refractivity contribution in [3.05, 3.63) is 41.6 Å². The second-order valence-corrected chi connectivity index (χ2v) is 2.63. The van der Waals surface area contributed by atoms with Crippen molar-refractivity contribution in [2.45, 2.75) is 6.52 Å². The third kappa shape index (κ3) is 1.11. The zero-order chi connectivity index (χ0) is 9.26. The Balaban J connectivity index is 2.48. The molecule has 12 heavy (non-hydrogen) atoms. The number of hydrogen-bond donors (Lipinski definition) is 0. The van der Waals surface area contributed by atoms with E-state index in [4.69, 9.17) is 1.37 Å². The van der Waals surface area contributed by atoms with Gasteiger partial charge in [0.25, 0.3) is 0 Å². The maximum Gasteiger partial charge on any atom is 0.213 e. The van der Waals surface area contributed by atoms with E-state index in [1.807, 2.05) is 30.3 Å². The molecule has 0 spiro atoms. The predicted octanol–water partition coefficient (Wildman–Crippen LogP) is 1.63. The van der Waals surface area contributed by atoms with Gasteiger partial charge in [-0.05, 0) is 17.2 Å². The second kappa shape index (κ2) is 2.81. The monoisotopic (exact) mass is 160 g/mol.